The van der Waals surface area contributed by atoms with Crippen LogP contribution in [0.2, 0.25) is 0 Å². The van der Waals surface area contributed by atoms with Crippen LogP contribution in [0.15, 0.2) is 35.4 Å². The molecule has 98 valence electrons. The zero-order valence-electron chi connectivity index (χ0n) is 10.1. The Morgan fingerprint density at radius 3 is 2.58 bits per heavy atom. The third kappa shape index (κ3) is 3.48. The van der Waals surface area contributed by atoms with Gasteiger partial charge in [0.05, 0.1) is 0 Å². The molecule has 1 aliphatic rings. The van der Waals surface area contributed by atoms with E-state index in [-0.39, 0.29) is 36.9 Å². The highest BCUT2D eigenvalue weighted by molar-refractivity contribution is 6.37. The maximum absolute atomic E-state index is 11.7. The highest BCUT2D eigenvalue weighted by Crippen LogP contribution is 2.03. The number of rotatable bonds is 4. The molecule has 0 saturated heterocycles. The number of hydrogen-bond donors (Lipinski definition) is 1. The number of carbonyl (C=O) groups is 3. The van der Waals surface area contributed by atoms with Gasteiger partial charge in [0.15, 0.2) is 12.4 Å². The number of nitrogens with zero attached hydrogens (tertiary/aromatic N) is 1. The van der Waals surface area contributed by atoms with Crippen molar-refractivity contribution in [2.45, 2.75) is 12.8 Å². The standard InChI is InChI=1S/C13H12N2O4/c16-11(9-4-2-1-3-5-9)8-19-13(18)10-6-7-12(17)15-14-10/h1-5H,6-8H2,(H,15,17). The van der Waals surface area contributed by atoms with Gasteiger partial charge in [-0.05, 0) is 0 Å². The molecule has 0 aliphatic carbocycles. The van der Waals surface area contributed by atoms with Crippen molar-refractivity contribution < 1.29 is 19.1 Å². The average Bonchev–Trinajstić information content (AvgIpc) is 2.46. The summed E-state index contributed by atoms with van der Waals surface area (Å²) >= 11 is 0. The zero-order valence-corrected chi connectivity index (χ0v) is 10.1. The van der Waals surface area contributed by atoms with Crippen LogP contribution in [-0.4, -0.2) is 30.0 Å². The summed E-state index contributed by atoms with van der Waals surface area (Å²) in [6.07, 6.45) is 0.421. The van der Waals surface area contributed by atoms with Crippen molar-refractivity contribution in [2.75, 3.05) is 6.61 Å². The molecular formula is C13H12N2O4. The van der Waals surface area contributed by atoms with E-state index in [9.17, 15) is 14.4 Å². The predicted molar refractivity (Wildman–Crippen MR) is 66.5 cm³/mol. The van der Waals surface area contributed by atoms with Gasteiger partial charge in [-0.3, -0.25) is 9.59 Å². The molecule has 2 rings (SSSR count). The van der Waals surface area contributed by atoms with Gasteiger partial charge >= 0.3 is 5.97 Å². The molecule has 6 nitrogen and oxygen atoms in total. The molecule has 1 heterocycles. The average molecular weight is 260 g/mol. The lowest BCUT2D eigenvalue weighted by atomic mass is 10.1. The Labute approximate surface area is 109 Å². The van der Waals surface area contributed by atoms with Crippen LogP contribution in [0.3, 0.4) is 0 Å². The molecule has 0 aromatic heterocycles. The molecule has 0 bridgehead atoms. The molecule has 0 radical (unpaired) electrons. The van der Waals surface area contributed by atoms with Crippen LogP contribution in [0.5, 0.6) is 0 Å². The Bertz CT molecular complexity index is 537. The largest absolute Gasteiger partial charge is 0.453 e. The third-order valence-corrected chi connectivity index (χ3v) is 2.57. The van der Waals surface area contributed by atoms with Crippen LogP contribution in [0.1, 0.15) is 23.2 Å². The SMILES string of the molecule is O=C1CCC(C(=O)OCC(=O)c2ccccc2)=NN1. The predicted octanol–water partition coefficient (Wildman–Crippen LogP) is 0.679. The Hall–Kier alpha value is -2.50. The van der Waals surface area contributed by atoms with Crippen molar-refractivity contribution in [1.29, 1.82) is 0 Å². The van der Waals surface area contributed by atoms with Crippen LogP contribution in [0.25, 0.3) is 0 Å². The number of hydrogen-bond acceptors (Lipinski definition) is 5. The summed E-state index contributed by atoms with van der Waals surface area (Å²) in [4.78, 5) is 34.1. The van der Waals surface area contributed by atoms with Gasteiger partial charge in [-0.2, -0.15) is 5.10 Å². The van der Waals surface area contributed by atoms with Crippen molar-refractivity contribution in [3.8, 4) is 0 Å². The number of amides is 1. The summed E-state index contributed by atoms with van der Waals surface area (Å²) in [5.74, 6) is -1.20. The van der Waals surface area contributed by atoms with Crippen LogP contribution in [-0.2, 0) is 14.3 Å². The minimum atomic E-state index is -0.677. The fraction of sp³-hybridized carbons (Fsp3) is 0.231. The lowest BCUT2D eigenvalue weighted by Gasteiger charge is -2.10. The van der Waals surface area contributed by atoms with Gasteiger partial charge in [0, 0.05) is 18.4 Å². The van der Waals surface area contributed by atoms with Gasteiger partial charge in [0.25, 0.3) is 0 Å². The molecule has 0 spiro atoms. The lowest BCUT2D eigenvalue weighted by molar-refractivity contribution is -0.134. The molecule has 0 fully saturated rings. The second-order valence-corrected chi connectivity index (χ2v) is 3.96. The zero-order chi connectivity index (χ0) is 13.7. The summed E-state index contributed by atoms with van der Waals surface area (Å²) in [7, 11) is 0. The van der Waals surface area contributed by atoms with E-state index in [2.05, 4.69) is 10.5 Å². The molecule has 0 atom stereocenters. The number of hydrazone groups is 1. The van der Waals surface area contributed by atoms with E-state index in [1.807, 2.05) is 0 Å². The third-order valence-electron chi connectivity index (χ3n) is 2.57. The van der Waals surface area contributed by atoms with E-state index in [1.165, 1.54) is 0 Å². The van der Waals surface area contributed by atoms with E-state index in [0.717, 1.165) is 0 Å². The first-order chi connectivity index (χ1) is 9.16. The highest BCUT2D eigenvalue weighted by Gasteiger charge is 2.20. The van der Waals surface area contributed by atoms with Crippen molar-refractivity contribution in [1.82, 2.24) is 5.43 Å². The molecular weight excluding hydrogens is 248 g/mol. The smallest absolute Gasteiger partial charge is 0.354 e. The van der Waals surface area contributed by atoms with Gasteiger partial charge in [0.2, 0.25) is 5.91 Å². The topological polar surface area (TPSA) is 84.8 Å². The van der Waals surface area contributed by atoms with Crippen LogP contribution in [0, 0.1) is 0 Å². The first-order valence-corrected chi connectivity index (χ1v) is 5.77. The maximum atomic E-state index is 11.7. The Morgan fingerprint density at radius 1 is 1.21 bits per heavy atom. The molecule has 0 unspecified atom stereocenters. The number of ketones is 1. The van der Waals surface area contributed by atoms with Gasteiger partial charge in [-0.25, -0.2) is 10.2 Å². The second kappa shape index (κ2) is 5.90. The summed E-state index contributed by atoms with van der Waals surface area (Å²) < 4.78 is 4.86. The van der Waals surface area contributed by atoms with Crippen LogP contribution < -0.4 is 5.43 Å². The van der Waals surface area contributed by atoms with E-state index >= 15 is 0 Å². The van der Waals surface area contributed by atoms with Crippen LogP contribution in [0.4, 0.5) is 0 Å². The second-order valence-electron chi connectivity index (χ2n) is 3.96. The molecule has 0 saturated carbocycles. The van der Waals surface area contributed by atoms with E-state index in [4.69, 9.17) is 4.74 Å². The molecule has 1 aromatic rings. The fourth-order valence-electron chi connectivity index (χ4n) is 1.54. The normalized spacial score (nSPS) is 14.3. The molecule has 19 heavy (non-hydrogen) atoms. The number of benzene rings is 1. The summed E-state index contributed by atoms with van der Waals surface area (Å²) in [5, 5.41) is 3.59. The molecule has 1 aromatic carbocycles. The molecule has 1 aliphatic heterocycles. The molecule has 1 amide bonds. The monoisotopic (exact) mass is 260 g/mol. The quantitative estimate of drug-likeness (QED) is 0.637. The fourth-order valence-corrected chi connectivity index (χ4v) is 1.54. The Kier molecular flexibility index (Phi) is 4.02. The Balaban J connectivity index is 1.87. The summed E-state index contributed by atoms with van der Waals surface area (Å²) in [5.41, 5.74) is 2.80. The van der Waals surface area contributed by atoms with Gasteiger partial charge < -0.3 is 4.74 Å². The van der Waals surface area contributed by atoms with Crippen molar-refractivity contribution in [3.63, 3.8) is 0 Å². The van der Waals surface area contributed by atoms with Crippen molar-refractivity contribution in [3.05, 3.63) is 35.9 Å². The minimum absolute atomic E-state index is 0.125. The number of carbonyl (C=O) groups excluding carboxylic acids is 3. The van der Waals surface area contributed by atoms with E-state index in [0.29, 0.717) is 5.56 Å². The van der Waals surface area contributed by atoms with Crippen molar-refractivity contribution >= 4 is 23.4 Å². The van der Waals surface area contributed by atoms with Gasteiger partial charge in [-0.15, -0.1) is 0 Å². The summed E-state index contributed by atoms with van der Waals surface area (Å²) in [6.45, 7) is -0.337. The number of Topliss-reactive ketones (excluding diaryl/α,β-unsaturated/α-hetero) is 1. The first-order valence-electron chi connectivity index (χ1n) is 5.77. The lowest BCUT2D eigenvalue weighted by Crippen LogP contribution is -2.31. The van der Waals surface area contributed by atoms with Crippen molar-refractivity contribution in [2.24, 2.45) is 5.10 Å². The first kappa shape index (κ1) is 12.9. The Morgan fingerprint density at radius 2 is 1.95 bits per heavy atom. The minimum Gasteiger partial charge on any atom is -0.453 e. The van der Waals surface area contributed by atoms with Gasteiger partial charge in [0.1, 0.15) is 5.71 Å². The van der Waals surface area contributed by atoms with Gasteiger partial charge in [-0.1, -0.05) is 30.3 Å². The number of nitrogens with one attached hydrogen (secondary N) is 1. The maximum Gasteiger partial charge on any atom is 0.354 e. The van der Waals surface area contributed by atoms with E-state index < -0.39 is 5.97 Å². The van der Waals surface area contributed by atoms with Crippen LogP contribution >= 0.6 is 0 Å². The number of esters is 1. The molecule has 6 heteroatoms. The highest BCUT2D eigenvalue weighted by atomic mass is 16.5. The molecule has 1 N–H and O–H groups in total. The van der Waals surface area contributed by atoms with E-state index in [1.54, 1.807) is 30.3 Å². The summed E-state index contributed by atoms with van der Waals surface area (Å²) in [6, 6.07) is 8.55. The number of ether oxygens (including phenoxy) is 1.